The molecule has 8 nitrogen and oxygen atoms in total. The van der Waals surface area contributed by atoms with Crippen LogP contribution in [0.3, 0.4) is 0 Å². The maximum atomic E-state index is 12.6. The quantitative estimate of drug-likeness (QED) is 0.317. The Morgan fingerprint density at radius 1 is 1.27 bits per heavy atom. The monoisotopic (exact) mass is 379 g/mol. The fraction of sp³-hybridized carbons (Fsp3) is 0.412. The molecule has 26 heavy (non-hydrogen) atoms. The van der Waals surface area contributed by atoms with Crippen LogP contribution in [0, 0.1) is 10.1 Å². The minimum Gasteiger partial charge on any atom is -0.461 e. The summed E-state index contributed by atoms with van der Waals surface area (Å²) in [6.45, 7) is 6.63. The normalized spacial score (nSPS) is 10.8. The van der Waals surface area contributed by atoms with Gasteiger partial charge in [0.2, 0.25) is 0 Å². The molecule has 0 N–H and O–H groups in total. The Hall–Kier alpha value is -2.55. The van der Waals surface area contributed by atoms with Gasteiger partial charge in [0.15, 0.2) is 5.69 Å². The zero-order valence-electron chi connectivity index (χ0n) is 15.1. The van der Waals surface area contributed by atoms with Crippen molar-refractivity contribution in [3.05, 3.63) is 39.7 Å². The molecule has 0 aromatic carbocycles. The number of carbonyl (C=O) groups excluding carboxylic acids is 2. The molecule has 2 aromatic rings. The molecule has 0 fully saturated rings. The summed E-state index contributed by atoms with van der Waals surface area (Å²) in [7, 11) is 0. The molecule has 0 radical (unpaired) electrons. The van der Waals surface area contributed by atoms with E-state index in [4.69, 9.17) is 4.74 Å². The largest absolute Gasteiger partial charge is 0.461 e. The van der Waals surface area contributed by atoms with Gasteiger partial charge in [-0.15, -0.1) is 11.8 Å². The minimum atomic E-state index is -0.660. The second-order valence-corrected chi connectivity index (χ2v) is 6.17. The Labute approximate surface area is 155 Å². The molecule has 140 valence electrons. The number of rotatable bonds is 7. The number of carbonyl (C=O) groups is 2. The maximum absolute atomic E-state index is 12.6. The number of nitrogens with zero attached hydrogens (tertiary/aromatic N) is 3. The van der Waals surface area contributed by atoms with Crippen molar-refractivity contribution < 1.29 is 19.2 Å². The predicted octanol–water partition coefficient (Wildman–Crippen LogP) is 3.23. The maximum Gasteiger partial charge on any atom is 0.356 e. The molecule has 2 aromatic heterocycles. The van der Waals surface area contributed by atoms with Gasteiger partial charge in [-0.1, -0.05) is 0 Å². The van der Waals surface area contributed by atoms with Crippen molar-refractivity contribution in [3.63, 3.8) is 0 Å². The molecule has 2 rings (SSSR count). The van der Waals surface area contributed by atoms with E-state index in [0.29, 0.717) is 18.7 Å². The molecule has 0 bridgehead atoms. The van der Waals surface area contributed by atoms with Crippen LogP contribution < -0.4 is 0 Å². The van der Waals surface area contributed by atoms with Crippen molar-refractivity contribution >= 4 is 34.8 Å². The van der Waals surface area contributed by atoms with Crippen LogP contribution in [0.2, 0.25) is 0 Å². The molecule has 0 spiro atoms. The number of hydrogen-bond donors (Lipinski definition) is 0. The summed E-state index contributed by atoms with van der Waals surface area (Å²) in [5.74, 6) is -0.860. The fourth-order valence-corrected chi connectivity index (χ4v) is 3.54. The van der Waals surface area contributed by atoms with Gasteiger partial charge in [-0.05, 0) is 39.2 Å². The van der Waals surface area contributed by atoms with Gasteiger partial charge >= 0.3 is 11.7 Å². The van der Waals surface area contributed by atoms with E-state index in [0.717, 1.165) is 11.8 Å². The van der Waals surface area contributed by atoms with Crippen LogP contribution in [-0.2, 0) is 4.74 Å². The summed E-state index contributed by atoms with van der Waals surface area (Å²) in [5, 5.41) is 11.6. The number of esters is 1. The van der Waals surface area contributed by atoms with Gasteiger partial charge in [0.25, 0.3) is 5.91 Å². The Morgan fingerprint density at radius 2 is 1.92 bits per heavy atom. The number of nitro groups is 1. The lowest BCUT2D eigenvalue weighted by molar-refractivity contribution is -0.385. The van der Waals surface area contributed by atoms with Crippen LogP contribution in [0.15, 0.2) is 23.2 Å². The molecular formula is C17H21N3O5S. The van der Waals surface area contributed by atoms with Gasteiger partial charge in [0.1, 0.15) is 10.4 Å². The predicted molar refractivity (Wildman–Crippen MR) is 99.0 cm³/mol. The highest BCUT2D eigenvalue weighted by Crippen LogP contribution is 2.38. The van der Waals surface area contributed by atoms with Crippen molar-refractivity contribution in [2.75, 3.05) is 26.0 Å². The average Bonchev–Trinajstić information content (AvgIpc) is 2.96. The number of fused-ring (bicyclic) bond motifs is 1. The third-order valence-corrected chi connectivity index (χ3v) is 4.81. The molecule has 0 saturated carbocycles. The van der Waals surface area contributed by atoms with Gasteiger partial charge < -0.3 is 14.0 Å². The lowest BCUT2D eigenvalue weighted by Crippen LogP contribution is -2.30. The summed E-state index contributed by atoms with van der Waals surface area (Å²) < 4.78 is 6.46. The van der Waals surface area contributed by atoms with Crippen LogP contribution in [0.1, 0.15) is 41.6 Å². The molecule has 0 saturated heterocycles. The van der Waals surface area contributed by atoms with Gasteiger partial charge in [-0.3, -0.25) is 14.9 Å². The SMILES string of the molecule is CCOC(=O)c1c(SC)c([N+](=O)[O-])c2ccc(C(=O)N(CC)CC)cn12. The second-order valence-electron chi connectivity index (χ2n) is 5.36. The first-order chi connectivity index (χ1) is 12.4. The van der Waals surface area contributed by atoms with Crippen LogP contribution in [0.4, 0.5) is 5.69 Å². The standard InChI is InChI=1S/C17H21N3O5S/c1-5-18(6-2)16(21)11-8-9-12-13(20(23)24)15(26-4)14(19(12)10-11)17(22)25-7-3/h8-10H,5-7H2,1-4H3. The van der Waals surface area contributed by atoms with E-state index < -0.39 is 10.9 Å². The summed E-state index contributed by atoms with van der Waals surface area (Å²) in [4.78, 5) is 37.9. The highest BCUT2D eigenvalue weighted by atomic mass is 32.2. The number of pyridine rings is 1. The van der Waals surface area contributed by atoms with E-state index in [-0.39, 0.29) is 34.3 Å². The number of hydrogen-bond acceptors (Lipinski definition) is 6. The minimum absolute atomic E-state index is 0.0650. The van der Waals surface area contributed by atoms with Crippen LogP contribution >= 0.6 is 11.8 Å². The third kappa shape index (κ3) is 3.39. The number of thioether (sulfide) groups is 1. The van der Waals surface area contributed by atoms with E-state index in [1.165, 1.54) is 16.7 Å². The molecule has 0 aliphatic heterocycles. The summed E-state index contributed by atoms with van der Waals surface area (Å²) in [6, 6.07) is 3.04. The molecule has 0 aliphatic carbocycles. The van der Waals surface area contributed by atoms with E-state index in [1.54, 1.807) is 24.1 Å². The van der Waals surface area contributed by atoms with E-state index >= 15 is 0 Å². The lowest BCUT2D eigenvalue weighted by Gasteiger charge is -2.18. The summed E-state index contributed by atoms with van der Waals surface area (Å²) >= 11 is 1.10. The fourth-order valence-electron chi connectivity index (χ4n) is 2.80. The highest BCUT2D eigenvalue weighted by Gasteiger charge is 2.31. The topological polar surface area (TPSA) is 94.2 Å². The lowest BCUT2D eigenvalue weighted by atomic mass is 10.2. The van der Waals surface area contributed by atoms with Gasteiger partial charge in [0.05, 0.1) is 17.1 Å². The number of ether oxygens (including phenoxy) is 1. The molecule has 2 heterocycles. The molecule has 0 unspecified atom stereocenters. The average molecular weight is 379 g/mol. The zero-order valence-corrected chi connectivity index (χ0v) is 16.0. The Balaban J connectivity index is 2.76. The first-order valence-corrected chi connectivity index (χ1v) is 9.46. The first kappa shape index (κ1) is 19.8. The first-order valence-electron chi connectivity index (χ1n) is 8.23. The Morgan fingerprint density at radius 3 is 2.42 bits per heavy atom. The Kier molecular flexibility index (Phi) is 6.25. The summed E-state index contributed by atoms with van der Waals surface area (Å²) in [5.41, 5.74) is 0.500. The van der Waals surface area contributed by atoms with Crippen molar-refractivity contribution in [1.82, 2.24) is 9.30 Å². The molecule has 1 amide bonds. The van der Waals surface area contributed by atoms with E-state index in [2.05, 4.69) is 0 Å². The van der Waals surface area contributed by atoms with Gasteiger partial charge in [0, 0.05) is 19.3 Å². The van der Waals surface area contributed by atoms with Crippen molar-refractivity contribution in [2.24, 2.45) is 0 Å². The zero-order chi connectivity index (χ0) is 19.4. The van der Waals surface area contributed by atoms with E-state index in [9.17, 15) is 19.7 Å². The Bertz CT molecular complexity index is 858. The van der Waals surface area contributed by atoms with Gasteiger partial charge in [-0.25, -0.2) is 4.79 Å². The van der Waals surface area contributed by atoms with Crippen molar-refractivity contribution in [3.8, 4) is 0 Å². The summed E-state index contributed by atoms with van der Waals surface area (Å²) in [6.07, 6.45) is 3.13. The highest BCUT2D eigenvalue weighted by molar-refractivity contribution is 7.98. The number of amides is 1. The molecular weight excluding hydrogens is 358 g/mol. The van der Waals surface area contributed by atoms with Gasteiger partial charge in [-0.2, -0.15) is 0 Å². The third-order valence-electron chi connectivity index (χ3n) is 4.02. The van der Waals surface area contributed by atoms with E-state index in [1.807, 2.05) is 13.8 Å². The van der Waals surface area contributed by atoms with Crippen molar-refractivity contribution in [1.29, 1.82) is 0 Å². The second kappa shape index (κ2) is 8.22. The van der Waals surface area contributed by atoms with Crippen LogP contribution in [-0.4, -0.2) is 52.1 Å². The number of aromatic nitrogens is 1. The molecule has 9 heteroatoms. The molecule has 0 aliphatic rings. The van der Waals surface area contributed by atoms with Crippen molar-refractivity contribution in [2.45, 2.75) is 25.7 Å². The van der Waals surface area contributed by atoms with Crippen LogP contribution in [0.5, 0.6) is 0 Å². The van der Waals surface area contributed by atoms with Crippen LogP contribution in [0.25, 0.3) is 5.52 Å². The molecule has 0 atom stereocenters. The smallest absolute Gasteiger partial charge is 0.356 e.